The molecule has 0 aliphatic carbocycles. The van der Waals surface area contributed by atoms with Gasteiger partial charge in [-0.2, -0.15) is 0 Å². The number of rotatable bonds is 5. The molecule has 2 aliphatic rings. The Kier molecular flexibility index (Phi) is 4.32. The van der Waals surface area contributed by atoms with E-state index in [1.165, 1.54) is 5.56 Å². The molecular weight excluding hydrogens is 316 g/mol. The van der Waals surface area contributed by atoms with Crippen LogP contribution in [0, 0.1) is 0 Å². The maximum absolute atomic E-state index is 12.0. The Labute approximate surface area is 147 Å². The normalized spacial score (nSPS) is 17.2. The molecule has 0 aromatic heterocycles. The smallest absolute Gasteiger partial charge is 0.231 e. The Hall–Kier alpha value is -2.53. The predicted molar refractivity (Wildman–Crippen MR) is 95.8 cm³/mol. The van der Waals surface area contributed by atoms with Crippen LogP contribution >= 0.6 is 0 Å². The van der Waals surface area contributed by atoms with E-state index in [1.54, 1.807) is 0 Å². The first-order valence-electron chi connectivity index (χ1n) is 8.73. The second-order valence-corrected chi connectivity index (χ2v) is 6.50. The maximum Gasteiger partial charge on any atom is 0.231 e. The zero-order valence-corrected chi connectivity index (χ0v) is 14.3. The van der Waals surface area contributed by atoms with E-state index in [9.17, 15) is 4.79 Å². The van der Waals surface area contributed by atoms with E-state index in [1.807, 2.05) is 35.2 Å². The van der Waals surface area contributed by atoms with Gasteiger partial charge in [0, 0.05) is 36.8 Å². The van der Waals surface area contributed by atoms with Gasteiger partial charge in [0.25, 0.3) is 0 Å². The number of benzene rings is 2. The fourth-order valence-corrected chi connectivity index (χ4v) is 3.39. The number of ether oxygens (including phenoxy) is 2. The molecule has 0 bridgehead atoms. The number of hydrogen-bond acceptors (Lipinski definition) is 4. The summed E-state index contributed by atoms with van der Waals surface area (Å²) in [6.45, 7) is 3.93. The molecule has 0 radical (unpaired) electrons. The number of amides is 1. The zero-order valence-electron chi connectivity index (χ0n) is 14.3. The fourth-order valence-electron chi connectivity index (χ4n) is 3.39. The molecule has 1 atom stereocenters. The van der Waals surface area contributed by atoms with Gasteiger partial charge in [0.15, 0.2) is 11.5 Å². The lowest BCUT2D eigenvalue weighted by Gasteiger charge is -2.20. The quantitative estimate of drug-likeness (QED) is 0.908. The van der Waals surface area contributed by atoms with Crippen molar-refractivity contribution in [1.29, 1.82) is 0 Å². The topological polar surface area (TPSA) is 50.8 Å². The van der Waals surface area contributed by atoms with E-state index in [-0.39, 0.29) is 18.7 Å². The first kappa shape index (κ1) is 16.0. The lowest BCUT2D eigenvalue weighted by Crippen LogP contribution is -2.24. The maximum atomic E-state index is 12.0. The van der Waals surface area contributed by atoms with Crippen LogP contribution in [0.25, 0.3) is 0 Å². The number of carbonyl (C=O) groups excluding carboxylic acids is 1. The third kappa shape index (κ3) is 3.20. The Morgan fingerprint density at radius 2 is 2.08 bits per heavy atom. The van der Waals surface area contributed by atoms with Crippen molar-refractivity contribution in [2.24, 2.45) is 0 Å². The molecule has 0 spiro atoms. The van der Waals surface area contributed by atoms with Crippen molar-refractivity contribution >= 4 is 11.6 Å². The minimum Gasteiger partial charge on any atom is -0.454 e. The third-order valence-corrected chi connectivity index (χ3v) is 4.83. The molecule has 5 nitrogen and oxygen atoms in total. The Balaban J connectivity index is 1.46. The van der Waals surface area contributed by atoms with Gasteiger partial charge in [-0.15, -0.1) is 0 Å². The second kappa shape index (κ2) is 6.76. The molecule has 130 valence electrons. The monoisotopic (exact) mass is 338 g/mol. The minimum atomic E-state index is 0.163. The standard InChI is InChI=1S/C20H22N2O3/c1-14(21-12-16-6-3-8-18-20(16)25-13-24-18)15-5-2-7-17(11-15)22-10-4-9-19(22)23/h2-3,5-8,11,14,21H,4,9-10,12-13H2,1H3/t14-/m0/s1. The van der Waals surface area contributed by atoms with Crippen LogP contribution in [0.4, 0.5) is 5.69 Å². The van der Waals surface area contributed by atoms with Gasteiger partial charge in [-0.1, -0.05) is 24.3 Å². The van der Waals surface area contributed by atoms with Crippen molar-refractivity contribution in [1.82, 2.24) is 5.32 Å². The van der Waals surface area contributed by atoms with Crippen molar-refractivity contribution in [3.05, 3.63) is 53.6 Å². The molecule has 2 heterocycles. The average Bonchev–Trinajstić information content (AvgIpc) is 3.28. The molecule has 2 aromatic rings. The first-order chi connectivity index (χ1) is 12.2. The Morgan fingerprint density at radius 1 is 1.20 bits per heavy atom. The van der Waals surface area contributed by atoms with Gasteiger partial charge >= 0.3 is 0 Å². The highest BCUT2D eigenvalue weighted by Crippen LogP contribution is 2.35. The number of hydrogen-bond donors (Lipinski definition) is 1. The van der Waals surface area contributed by atoms with Crippen LogP contribution in [0.15, 0.2) is 42.5 Å². The number of nitrogens with one attached hydrogen (secondary N) is 1. The molecule has 2 aromatic carbocycles. The van der Waals surface area contributed by atoms with Crippen molar-refractivity contribution in [3.8, 4) is 11.5 Å². The van der Waals surface area contributed by atoms with Gasteiger partial charge in [-0.05, 0) is 37.1 Å². The molecule has 2 aliphatic heterocycles. The van der Waals surface area contributed by atoms with Crippen LogP contribution in [-0.2, 0) is 11.3 Å². The van der Waals surface area contributed by atoms with Crippen LogP contribution < -0.4 is 19.7 Å². The van der Waals surface area contributed by atoms with Crippen LogP contribution in [-0.4, -0.2) is 19.2 Å². The van der Waals surface area contributed by atoms with Crippen LogP contribution in [0.3, 0.4) is 0 Å². The number of para-hydroxylation sites is 1. The summed E-state index contributed by atoms with van der Waals surface area (Å²) >= 11 is 0. The highest BCUT2D eigenvalue weighted by atomic mass is 16.7. The predicted octanol–water partition coefficient (Wildman–Crippen LogP) is 3.39. The zero-order chi connectivity index (χ0) is 17.2. The van der Waals surface area contributed by atoms with E-state index in [2.05, 4.69) is 24.4 Å². The summed E-state index contributed by atoms with van der Waals surface area (Å²) in [4.78, 5) is 13.8. The van der Waals surface area contributed by atoms with Gasteiger partial charge in [0.2, 0.25) is 12.7 Å². The van der Waals surface area contributed by atoms with E-state index >= 15 is 0 Å². The summed E-state index contributed by atoms with van der Waals surface area (Å²) in [5, 5.41) is 3.53. The molecule has 25 heavy (non-hydrogen) atoms. The molecule has 5 heteroatoms. The van der Waals surface area contributed by atoms with Gasteiger partial charge < -0.3 is 19.7 Å². The summed E-state index contributed by atoms with van der Waals surface area (Å²) in [6.07, 6.45) is 1.59. The van der Waals surface area contributed by atoms with E-state index in [4.69, 9.17) is 9.47 Å². The van der Waals surface area contributed by atoms with Gasteiger partial charge in [0.05, 0.1) is 0 Å². The number of fused-ring (bicyclic) bond motifs is 1. The summed E-state index contributed by atoms with van der Waals surface area (Å²) in [5.41, 5.74) is 3.25. The molecule has 4 rings (SSSR count). The van der Waals surface area contributed by atoms with Crippen LogP contribution in [0.1, 0.15) is 36.9 Å². The average molecular weight is 338 g/mol. The number of carbonyl (C=O) groups is 1. The number of anilines is 1. The Bertz CT molecular complexity index is 790. The minimum absolute atomic E-state index is 0.163. The van der Waals surface area contributed by atoms with Crippen molar-refractivity contribution < 1.29 is 14.3 Å². The molecular formula is C20H22N2O3. The lowest BCUT2D eigenvalue weighted by atomic mass is 10.1. The van der Waals surface area contributed by atoms with Crippen molar-refractivity contribution in [2.75, 3.05) is 18.2 Å². The SMILES string of the molecule is C[C@H](NCc1cccc2c1OCO2)c1cccc(N2CCCC2=O)c1. The van der Waals surface area contributed by atoms with E-state index in [0.29, 0.717) is 13.0 Å². The lowest BCUT2D eigenvalue weighted by molar-refractivity contribution is -0.117. The molecule has 1 fully saturated rings. The summed E-state index contributed by atoms with van der Waals surface area (Å²) in [5.74, 6) is 1.86. The highest BCUT2D eigenvalue weighted by molar-refractivity contribution is 5.95. The summed E-state index contributed by atoms with van der Waals surface area (Å²) in [6, 6.07) is 14.3. The molecule has 1 N–H and O–H groups in total. The van der Waals surface area contributed by atoms with E-state index in [0.717, 1.165) is 35.7 Å². The van der Waals surface area contributed by atoms with Crippen LogP contribution in [0.2, 0.25) is 0 Å². The summed E-state index contributed by atoms with van der Waals surface area (Å²) in [7, 11) is 0. The van der Waals surface area contributed by atoms with Crippen molar-refractivity contribution in [3.63, 3.8) is 0 Å². The van der Waals surface area contributed by atoms with Crippen LogP contribution in [0.5, 0.6) is 11.5 Å². The summed E-state index contributed by atoms with van der Waals surface area (Å²) < 4.78 is 11.0. The molecule has 1 saturated heterocycles. The van der Waals surface area contributed by atoms with Gasteiger partial charge in [-0.25, -0.2) is 0 Å². The van der Waals surface area contributed by atoms with Gasteiger partial charge in [-0.3, -0.25) is 4.79 Å². The third-order valence-electron chi connectivity index (χ3n) is 4.83. The molecule has 1 amide bonds. The van der Waals surface area contributed by atoms with Crippen molar-refractivity contribution in [2.45, 2.75) is 32.4 Å². The first-order valence-corrected chi connectivity index (χ1v) is 8.73. The second-order valence-electron chi connectivity index (χ2n) is 6.50. The largest absolute Gasteiger partial charge is 0.454 e. The Morgan fingerprint density at radius 3 is 2.92 bits per heavy atom. The van der Waals surface area contributed by atoms with E-state index < -0.39 is 0 Å². The molecule has 0 saturated carbocycles. The molecule has 0 unspecified atom stereocenters. The number of nitrogens with zero attached hydrogens (tertiary/aromatic N) is 1. The fraction of sp³-hybridized carbons (Fsp3) is 0.350. The highest BCUT2D eigenvalue weighted by Gasteiger charge is 2.22. The van der Waals surface area contributed by atoms with Gasteiger partial charge in [0.1, 0.15) is 0 Å².